The van der Waals surface area contributed by atoms with Crippen LogP contribution in [0.5, 0.6) is 0 Å². The van der Waals surface area contributed by atoms with Gasteiger partial charge < -0.3 is 9.32 Å². The van der Waals surface area contributed by atoms with Gasteiger partial charge in [-0.3, -0.25) is 9.59 Å². The number of oxazole rings is 1. The summed E-state index contributed by atoms with van der Waals surface area (Å²) in [5, 5.41) is 4.53. The molecule has 0 spiro atoms. The molecule has 0 aliphatic carbocycles. The summed E-state index contributed by atoms with van der Waals surface area (Å²) in [6, 6.07) is 16.8. The van der Waals surface area contributed by atoms with Gasteiger partial charge in [-0.25, -0.2) is 9.67 Å². The van der Waals surface area contributed by atoms with E-state index in [1.165, 1.54) is 0 Å². The number of carbonyl (C=O) groups is 2. The van der Waals surface area contributed by atoms with Crippen LogP contribution in [-0.2, 0) is 4.79 Å². The van der Waals surface area contributed by atoms with Crippen molar-refractivity contribution in [1.82, 2.24) is 19.7 Å². The number of ketones is 1. The van der Waals surface area contributed by atoms with Gasteiger partial charge in [0.25, 0.3) is 11.7 Å². The molecular formula is C25H24N4O3. The second-order valence-corrected chi connectivity index (χ2v) is 8.15. The number of amides is 1. The lowest BCUT2D eigenvalue weighted by molar-refractivity contribution is -0.130. The molecule has 5 rings (SSSR count). The first kappa shape index (κ1) is 20.2. The van der Waals surface area contributed by atoms with Gasteiger partial charge in [0.2, 0.25) is 5.89 Å². The highest BCUT2D eigenvalue weighted by atomic mass is 16.4. The molecule has 2 aromatic carbocycles. The van der Waals surface area contributed by atoms with E-state index in [1.54, 1.807) is 16.5 Å². The molecule has 1 amide bonds. The minimum atomic E-state index is -0.537. The van der Waals surface area contributed by atoms with E-state index in [1.807, 2.05) is 61.5 Å². The lowest BCUT2D eigenvalue weighted by atomic mass is 9.99. The van der Waals surface area contributed by atoms with E-state index < -0.39 is 11.7 Å². The van der Waals surface area contributed by atoms with E-state index in [9.17, 15) is 9.59 Å². The molecule has 1 saturated heterocycles. The fourth-order valence-electron chi connectivity index (χ4n) is 4.49. The van der Waals surface area contributed by atoms with Crippen LogP contribution in [0.15, 0.2) is 59.0 Å². The molecule has 1 atom stereocenters. The average Bonchev–Trinajstić information content (AvgIpc) is 3.39. The van der Waals surface area contributed by atoms with Crippen LogP contribution in [-0.4, -0.2) is 37.9 Å². The lowest BCUT2D eigenvalue weighted by Crippen LogP contribution is -2.42. The molecule has 0 radical (unpaired) electrons. The predicted molar refractivity (Wildman–Crippen MR) is 120 cm³/mol. The topological polar surface area (TPSA) is 81.2 Å². The van der Waals surface area contributed by atoms with Crippen molar-refractivity contribution in [2.75, 3.05) is 6.54 Å². The van der Waals surface area contributed by atoms with Crippen LogP contribution in [0.4, 0.5) is 0 Å². The lowest BCUT2D eigenvalue weighted by Gasteiger charge is -2.33. The van der Waals surface area contributed by atoms with Gasteiger partial charge in [0.15, 0.2) is 5.58 Å². The molecule has 0 bridgehead atoms. The van der Waals surface area contributed by atoms with Crippen LogP contribution < -0.4 is 0 Å². The highest BCUT2D eigenvalue weighted by Gasteiger charge is 2.36. The number of fused-ring (bicyclic) bond motifs is 1. The summed E-state index contributed by atoms with van der Waals surface area (Å²) in [4.78, 5) is 33.0. The van der Waals surface area contributed by atoms with Crippen LogP contribution in [0.3, 0.4) is 0 Å². The van der Waals surface area contributed by atoms with Gasteiger partial charge in [0.05, 0.1) is 22.6 Å². The van der Waals surface area contributed by atoms with E-state index in [-0.39, 0.29) is 6.04 Å². The van der Waals surface area contributed by atoms with Gasteiger partial charge in [-0.05, 0) is 57.4 Å². The second-order valence-electron chi connectivity index (χ2n) is 8.15. The smallest absolute Gasteiger partial charge is 0.295 e. The summed E-state index contributed by atoms with van der Waals surface area (Å²) >= 11 is 0. The summed E-state index contributed by atoms with van der Waals surface area (Å²) in [5.74, 6) is -0.582. The average molecular weight is 428 g/mol. The monoisotopic (exact) mass is 428 g/mol. The number of nitrogens with zero attached hydrogens (tertiary/aromatic N) is 4. The molecule has 1 aliphatic heterocycles. The number of likely N-dealkylation sites (tertiary alicyclic amines) is 1. The Bertz CT molecular complexity index is 1270. The third-order valence-electron chi connectivity index (χ3n) is 6.07. The van der Waals surface area contributed by atoms with Crippen molar-refractivity contribution in [3.05, 3.63) is 77.4 Å². The number of piperidine rings is 1. The van der Waals surface area contributed by atoms with Gasteiger partial charge in [0, 0.05) is 6.54 Å². The molecule has 4 aromatic rings. The molecule has 32 heavy (non-hydrogen) atoms. The highest BCUT2D eigenvalue weighted by molar-refractivity contribution is 6.43. The number of rotatable bonds is 4. The van der Waals surface area contributed by atoms with Crippen LogP contribution in [0, 0.1) is 13.8 Å². The molecule has 7 heteroatoms. The first-order chi connectivity index (χ1) is 15.5. The van der Waals surface area contributed by atoms with E-state index >= 15 is 0 Å². The Hall–Kier alpha value is -3.74. The van der Waals surface area contributed by atoms with Crippen molar-refractivity contribution in [3.8, 4) is 5.69 Å². The van der Waals surface area contributed by atoms with Crippen molar-refractivity contribution in [3.63, 3.8) is 0 Å². The summed E-state index contributed by atoms with van der Waals surface area (Å²) < 4.78 is 7.66. The molecule has 162 valence electrons. The molecule has 1 aliphatic rings. The molecule has 1 fully saturated rings. The molecule has 0 unspecified atom stereocenters. The van der Waals surface area contributed by atoms with Crippen LogP contribution >= 0.6 is 0 Å². The first-order valence-corrected chi connectivity index (χ1v) is 10.9. The Morgan fingerprint density at radius 2 is 1.75 bits per heavy atom. The minimum Gasteiger partial charge on any atom is -0.438 e. The molecular weight excluding hydrogens is 404 g/mol. The van der Waals surface area contributed by atoms with Crippen molar-refractivity contribution in [1.29, 1.82) is 0 Å². The van der Waals surface area contributed by atoms with Crippen molar-refractivity contribution in [2.45, 2.75) is 39.2 Å². The Morgan fingerprint density at radius 1 is 1.00 bits per heavy atom. The van der Waals surface area contributed by atoms with Crippen LogP contribution in [0.25, 0.3) is 16.8 Å². The number of aromatic nitrogens is 3. The zero-order chi connectivity index (χ0) is 22.2. The van der Waals surface area contributed by atoms with E-state index in [2.05, 4.69) is 10.1 Å². The normalized spacial score (nSPS) is 16.4. The zero-order valence-electron chi connectivity index (χ0n) is 18.1. The number of aryl methyl sites for hydroxylation is 1. The van der Waals surface area contributed by atoms with Gasteiger partial charge in [0.1, 0.15) is 11.6 Å². The maximum absolute atomic E-state index is 13.4. The SMILES string of the molecule is Cc1nn(-c2ccccc2)c(C)c1C(=O)C(=O)N1CCCC[C@H]1c1nc2ccccc2o1. The third-order valence-corrected chi connectivity index (χ3v) is 6.07. The number of hydrogen-bond donors (Lipinski definition) is 0. The Labute approximate surface area is 185 Å². The number of carbonyl (C=O) groups excluding carboxylic acids is 2. The number of Topliss-reactive ketones (excluding diaryl/α,β-unsaturated/α-hetero) is 1. The molecule has 2 aromatic heterocycles. The van der Waals surface area contributed by atoms with E-state index in [4.69, 9.17) is 4.42 Å². The molecule has 0 N–H and O–H groups in total. The Kier molecular flexibility index (Phi) is 5.09. The zero-order valence-corrected chi connectivity index (χ0v) is 18.1. The summed E-state index contributed by atoms with van der Waals surface area (Å²) in [5.41, 5.74) is 3.84. The quantitative estimate of drug-likeness (QED) is 0.351. The van der Waals surface area contributed by atoms with E-state index in [0.717, 1.165) is 24.0 Å². The standard InChI is InChI=1S/C25H24N4O3/c1-16-22(17(2)29(27-16)18-10-4-3-5-11-18)23(30)25(31)28-15-9-8-13-20(28)24-26-19-12-6-7-14-21(19)32-24/h3-7,10-12,14,20H,8-9,13,15H2,1-2H3/t20-/m0/s1. The molecule has 3 heterocycles. The van der Waals surface area contributed by atoms with Crippen LogP contribution in [0.2, 0.25) is 0 Å². The van der Waals surface area contributed by atoms with Crippen molar-refractivity contribution >= 4 is 22.8 Å². The van der Waals surface area contributed by atoms with Crippen molar-refractivity contribution < 1.29 is 14.0 Å². The summed E-state index contributed by atoms with van der Waals surface area (Å²) in [7, 11) is 0. The maximum Gasteiger partial charge on any atom is 0.295 e. The first-order valence-electron chi connectivity index (χ1n) is 10.9. The highest BCUT2D eigenvalue weighted by Crippen LogP contribution is 2.33. The van der Waals surface area contributed by atoms with E-state index in [0.29, 0.717) is 41.4 Å². The summed E-state index contributed by atoms with van der Waals surface area (Å²) in [6.07, 6.45) is 2.51. The van der Waals surface area contributed by atoms with Crippen molar-refractivity contribution in [2.24, 2.45) is 0 Å². The maximum atomic E-state index is 13.4. The fourth-order valence-corrected chi connectivity index (χ4v) is 4.49. The minimum absolute atomic E-state index is 0.350. The van der Waals surface area contributed by atoms with Gasteiger partial charge in [-0.1, -0.05) is 30.3 Å². The third kappa shape index (κ3) is 3.39. The fraction of sp³-hybridized carbons (Fsp3) is 0.280. The number of hydrogen-bond acceptors (Lipinski definition) is 5. The molecule has 7 nitrogen and oxygen atoms in total. The number of benzene rings is 2. The predicted octanol–water partition coefficient (Wildman–Crippen LogP) is 4.57. The van der Waals surface area contributed by atoms with Gasteiger partial charge >= 0.3 is 0 Å². The Balaban J connectivity index is 1.47. The largest absolute Gasteiger partial charge is 0.438 e. The molecule has 0 saturated carbocycles. The van der Waals surface area contributed by atoms with Crippen LogP contribution in [0.1, 0.15) is 52.9 Å². The van der Waals surface area contributed by atoms with Gasteiger partial charge in [-0.2, -0.15) is 5.10 Å². The number of para-hydroxylation sites is 3. The van der Waals surface area contributed by atoms with Gasteiger partial charge in [-0.15, -0.1) is 0 Å². The second kappa shape index (κ2) is 8.07. The summed E-state index contributed by atoms with van der Waals surface area (Å²) in [6.45, 7) is 4.09. The Morgan fingerprint density at radius 3 is 2.53 bits per heavy atom.